The number of carbonyl (C=O) groups excluding carboxylic acids is 2. The van der Waals surface area contributed by atoms with Gasteiger partial charge in [-0.05, 0) is 94.6 Å². The summed E-state index contributed by atoms with van der Waals surface area (Å²) in [6.07, 6.45) is 5.95. The van der Waals surface area contributed by atoms with Gasteiger partial charge < -0.3 is 25.5 Å². The molecule has 1 fully saturated rings. The second kappa shape index (κ2) is 16.5. The lowest BCUT2D eigenvalue weighted by Gasteiger charge is -2.40. The van der Waals surface area contributed by atoms with Gasteiger partial charge in [0.05, 0.1) is 6.04 Å². The number of benzene rings is 3. The Hall–Kier alpha value is -3.56. The Kier molecular flexibility index (Phi) is 12.7. The van der Waals surface area contributed by atoms with Gasteiger partial charge >= 0.3 is 0 Å². The molecule has 1 saturated heterocycles. The van der Waals surface area contributed by atoms with Gasteiger partial charge in [-0.15, -0.1) is 0 Å². The zero-order chi connectivity index (χ0) is 34.1. The van der Waals surface area contributed by atoms with Crippen LogP contribution in [0, 0.1) is 5.92 Å². The Morgan fingerprint density at radius 1 is 0.936 bits per heavy atom. The van der Waals surface area contributed by atoms with Crippen LogP contribution in [-0.4, -0.2) is 108 Å². The SMILES string of the molecule is CN(C)C[C@@H]1CCCN(C(=O)[C@@H](Cc2ccccc2)N(C)C(=O)[C@@H](Cc2ccc3ccccc3c2)N(C)C(O)/C=C/CC(C)(C)N)C1. The van der Waals surface area contributed by atoms with Crippen molar-refractivity contribution in [3.63, 3.8) is 0 Å². The summed E-state index contributed by atoms with van der Waals surface area (Å²) in [4.78, 5) is 36.5. The first-order valence-corrected chi connectivity index (χ1v) is 16.9. The molecule has 3 aromatic rings. The maximum atomic E-state index is 14.7. The molecule has 2 amide bonds. The number of likely N-dealkylation sites (tertiary alicyclic amines) is 1. The molecule has 0 bridgehead atoms. The number of aliphatic hydroxyl groups excluding tert-OH is 1. The van der Waals surface area contributed by atoms with E-state index in [9.17, 15) is 14.7 Å². The van der Waals surface area contributed by atoms with E-state index in [1.807, 2.05) is 73.4 Å². The summed E-state index contributed by atoms with van der Waals surface area (Å²) < 4.78 is 0. The van der Waals surface area contributed by atoms with Crippen LogP contribution < -0.4 is 5.73 Å². The van der Waals surface area contributed by atoms with Gasteiger partial charge in [0.25, 0.3) is 0 Å². The van der Waals surface area contributed by atoms with Crippen LogP contribution >= 0.6 is 0 Å². The lowest BCUT2D eigenvalue weighted by molar-refractivity contribution is -0.149. The smallest absolute Gasteiger partial charge is 0.245 e. The summed E-state index contributed by atoms with van der Waals surface area (Å²) in [5.74, 6) is 0.169. The van der Waals surface area contributed by atoms with Crippen molar-refractivity contribution < 1.29 is 14.7 Å². The molecule has 4 rings (SSSR count). The Bertz CT molecular complexity index is 1480. The van der Waals surface area contributed by atoms with E-state index in [0.29, 0.717) is 38.3 Å². The second-order valence-corrected chi connectivity index (χ2v) is 14.3. The average molecular weight is 642 g/mol. The maximum absolute atomic E-state index is 14.7. The van der Waals surface area contributed by atoms with Crippen LogP contribution in [0.3, 0.4) is 0 Å². The van der Waals surface area contributed by atoms with E-state index >= 15 is 0 Å². The van der Waals surface area contributed by atoms with Crippen molar-refractivity contribution >= 4 is 22.6 Å². The molecule has 0 radical (unpaired) electrons. The number of amides is 2. The molecule has 0 saturated carbocycles. The molecule has 1 aliphatic rings. The van der Waals surface area contributed by atoms with Gasteiger partial charge in [-0.1, -0.05) is 78.9 Å². The molecule has 47 heavy (non-hydrogen) atoms. The van der Waals surface area contributed by atoms with E-state index in [4.69, 9.17) is 5.73 Å². The normalized spacial score (nSPS) is 17.7. The van der Waals surface area contributed by atoms with E-state index < -0.39 is 23.9 Å². The van der Waals surface area contributed by atoms with E-state index in [2.05, 4.69) is 43.3 Å². The number of hydrogen-bond acceptors (Lipinski definition) is 6. The van der Waals surface area contributed by atoms with Crippen molar-refractivity contribution in [1.82, 2.24) is 19.6 Å². The van der Waals surface area contributed by atoms with Crippen LogP contribution in [0.5, 0.6) is 0 Å². The predicted molar refractivity (Wildman–Crippen MR) is 192 cm³/mol. The highest BCUT2D eigenvalue weighted by Gasteiger charge is 2.37. The van der Waals surface area contributed by atoms with Gasteiger partial charge in [-0.2, -0.15) is 0 Å². The molecule has 1 unspecified atom stereocenters. The van der Waals surface area contributed by atoms with Gasteiger partial charge in [-0.3, -0.25) is 14.5 Å². The first-order chi connectivity index (χ1) is 22.3. The summed E-state index contributed by atoms with van der Waals surface area (Å²) in [6, 6.07) is 22.9. The zero-order valence-corrected chi connectivity index (χ0v) is 29.2. The van der Waals surface area contributed by atoms with E-state index in [1.54, 1.807) is 30.0 Å². The lowest BCUT2D eigenvalue weighted by atomic mass is 9.95. The highest BCUT2D eigenvalue weighted by Crippen LogP contribution is 2.23. The molecule has 0 spiro atoms. The molecule has 3 N–H and O–H groups in total. The molecular weight excluding hydrogens is 586 g/mol. The molecule has 0 aromatic heterocycles. The summed E-state index contributed by atoms with van der Waals surface area (Å²) in [5.41, 5.74) is 7.73. The van der Waals surface area contributed by atoms with E-state index in [1.165, 1.54) is 0 Å². The molecule has 8 nitrogen and oxygen atoms in total. The number of carbonyl (C=O) groups is 2. The number of fused-ring (bicyclic) bond motifs is 1. The number of aliphatic hydroxyl groups is 1. The first kappa shape index (κ1) is 36.3. The molecule has 0 aliphatic carbocycles. The Balaban J connectivity index is 1.65. The predicted octanol–water partition coefficient (Wildman–Crippen LogP) is 4.55. The Morgan fingerprint density at radius 3 is 2.28 bits per heavy atom. The van der Waals surface area contributed by atoms with Gasteiger partial charge in [0, 0.05) is 38.6 Å². The number of likely N-dealkylation sites (N-methyl/N-ethyl adjacent to an activating group) is 2. The van der Waals surface area contributed by atoms with E-state index in [0.717, 1.165) is 41.3 Å². The van der Waals surface area contributed by atoms with Crippen LogP contribution in [-0.2, 0) is 22.4 Å². The van der Waals surface area contributed by atoms with Crippen molar-refractivity contribution in [3.8, 4) is 0 Å². The molecular formula is C39H55N5O3. The van der Waals surface area contributed by atoms with Crippen molar-refractivity contribution in [2.24, 2.45) is 11.7 Å². The topological polar surface area (TPSA) is 93.3 Å². The monoisotopic (exact) mass is 641 g/mol. The number of piperidine rings is 1. The molecule has 254 valence electrons. The van der Waals surface area contributed by atoms with Crippen molar-refractivity contribution in [1.29, 1.82) is 0 Å². The van der Waals surface area contributed by atoms with Gasteiger partial charge in [0.15, 0.2) is 0 Å². The van der Waals surface area contributed by atoms with Crippen LogP contribution in [0.1, 0.15) is 44.2 Å². The molecule has 4 atom stereocenters. The number of rotatable bonds is 14. The summed E-state index contributed by atoms with van der Waals surface area (Å²) >= 11 is 0. The first-order valence-electron chi connectivity index (χ1n) is 16.9. The quantitative estimate of drug-likeness (QED) is 0.198. The third kappa shape index (κ3) is 10.5. The highest BCUT2D eigenvalue weighted by molar-refractivity contribution is 5.90. The van der Waals surface area contributed by atoms with Gasteiger partial charge in [0.2, 0.25) is 11.8 Å². The highest BCUT2D eigenvalue weighted by atomic mass is 16.3. The van der Waals surface area contributed by atoms with Crippen LogP contribution in [0.4, 0.5) is 0 Å². The zero-order valence-electron chi connectivity index (χ0n) is 29.2. The third-order valence-corrected chi connectivity index (χ3v) is 9.22. The third-order valence-electron chi connectivity index (χ3n) is 9.22. The van der Waals surface area contributed by atoms with Crippen molar-refractivity contribution in [3.05, 3.63) is 96.1 Å². The largest absolute Gasteiger partial charge is 0.375 e. The average Bonchev–Trinajstić information content (AvgIpc) is 3.04. The fraction of sp³-hybridized carbons (Fsp3) is 0.487. The molecule has 1 aliphatic heterocycles. The minimum Gasteiger partial charge on any atom is -0.375 e. The fourth-order valence-electron chi connectivity index (χ4n) is 6.57. The summed E-state index contributed by atoms with van der Waals surface area (Å²) in [5, 5.41) is 13.5. The summed E-state index contributed by atoms with van der Waals surface area (Å²) in [7, 11) is 7.65. The van der Waals surface area contributed by atoms with Gasteiger partial charge in [0.1, 0.15) is 12.3 Å². The van der Waals surface area contributed by atoms with Crippen LogP contribution in [0.2, 0.25) is 0 Å². The van der Waals surface area contributed by atoms with Crippen LogP contribution in [0.15, 0.2) is 84.9 Å². The molecule has 1 heterocycles. The van der Waals surface area contributed by atoms with E-state index in [-0.39, 0.29) is 11.8 Å². The van der Waals surface area contributed by atoms with Crippen molar-refractivity contribution in [2.75, 3.05) is 47.8 Å². The number of nitrogens with two attached hydrogens (primary N) is 1. The number of nitrogens with zero attached hydrogens (tertiary/aromatic N) is 4. The van der Waals surface area contributed by atoms with Gasteiger partial charge in [-0.25, -0.2) is 0 Å². The number of hydrogen-bond donors (Lipinski definition) is 2. The Morgan fingerprint density at radius 2 is 1.60 bits per heavy atom. The minimum atomic E-state index is -1.02. The lowest BCUT2D eigenvalue weighted by Crippen LogP contribution is -2.58. The molecule has 8 heteroatoms. The minimum absolute atomic E-state index is 0.0223. The maximum Gasteiger partial charge on any atom is 0.245 e. The standard InChI is InChI=1S/C39H55N5O3/c1-39(2,40)22-12-19-36(45)42(5)34(26-30-20-21-32-17-10-11-18-33(32)24-30)37(46)43(6)35(25-29-14-8-7-9-15-29)38(47)44-23-13-16-31(28-44)27-41(3)4/h7-12,14-15,17-21,24,31,34-36,45H,13,16,22-23,25-28,40H2,1-6H3/b19-12+/t31-,34+,35+,36?/m0/s1. The molecule has 3 aromatic carbocycles. The Labute approximate surface area is 281 Å². The second-order valence-electron chi connectivity index (χ2n) is 14.3. The van der Waals surface area contributed by atoms with Crippen LogP contribution in [0.25, 0.3) is 10.8 Å². The van der Waals surface area contributed by atoms with Crippen molar-refractivity contribution in [2.45, 2.75) is 69.8 Å². The summed E-state index contributed by atoms with van der Waals surface area (Å²) in [6.45, 7) is 6.17. The fourth-order valence-corrected chi connectivity index (χ4v) is 6.57.